The molecule has 0 saturated carbocycles. The second-order valence-electron chi connectivity index (χ2n) is 3.58. The summed E-state index contributed by atoms with van der Waals surface area (Å²) in [6.07, 6.45) is 0.689. The number of nitrogens with zero attached hydrogens (tertiary/aromatic N) is 1. The van der Waals surface area contributed by atoms with Gasteiger partial charge in [-0.1, -0.05) is 0 Å². The van der Waals surface area contributed by atoms with Crippen LogP contribution in [0.4, 0.5) is 14.5 Å². The zero-order chi connectivity index (χ0) is 11.9. The number of ketones is 1. The topological polar surface area (TPSA) is 60.2 Å². The van der Waals surface area contributed by atoms with E-state index in [-0.39, 0.29) is 24.0 Å². The Kier molecular flexibility index (Phi) is 2.41. The number of carbonyl (C=O) groups is 1. The molecular weight excluding hydrogens is 220 g/mol. The first-order chi connectivity index (χ1) is 7.52. The van der Waals surface area contributed by atoms with Gasteiger partial charge in [0, 0.05) is 18.1 Å². The zero-order valence-corrected chi connectivity index (χ0v) is 8.13. The van der Waals surface area contributed by atoms with Crippen LogP contribution in [0, 0.1) is 21.7 Å². The summed E-state index contributed by atoms with van der Waals surface area (Å²) in [6.45, 7) is 0. The number of fused-ring (bicyclic) bond motifs is 1. The second kappa shape index (κ2) is 3.62. The van der Waals surface area contributed by atoms with E-state index in [0.29, 0.717) is 12.5 Å². The minimum atomic E-state index is -1.23. The van der Waals surface area contributed by atoms with Gasteiger partial charge in [-0.15, -0.1) is 0 Å². The summed E-state index contributed by atoms with van der Waals surface area (Å²) >= 11 is 0. The van der Waals surface area contributed by atoms with Crippen molar-refractivity contribution in [3.8, 4) is 0 Å². The highest BCUT2D eigenvalue weighted by Gasteiger charge is 2.32. The first-order valence-electron chi connectivity index (χ1n) is 4.71. The molecule has 4 nitrogen and oxygen atoms in total. The summed E-state index contributed by atoms with van der Waals surface area (Å²) in [5, 5.41) is 10.6. The van der Waals surface area contributed by atoms with E-state index in [2.05, 4.69) is 0 Å². The molecule has 1 aliphatic rings. The summed E-state index contributed by atoms with van der Waals surface area (Å²) < 4.78 is 26.6. The number of benzene rings is 1. The van der Waals surface area contributed by atoms with Crippen LogP contribution in [0.25, 0.3) is 0 Å². The van der Waals surface area contributed by atoms with Crippen molar-refractivity contribution in [3.63, 3.8) is 0 Å². The fraction of sp³-hybridized carbons (Fsp3) is 0.300. The maximum absolute atomic E-state index is 13.3. The van der Waals surface area contributed by atoms with Gasteiger partial charge in [0.25, 0.3) is 0 Å². The van der Waals surface area contributed by atoms with Crippen molar-refractivity contribution in [2.24, 2.45) is 0 Å². The largest absolute Gasteiger partial charge is 0.308 e. The molecule has 84 valence electrons. The maximum atomic E-state index is 13.3. The van der Waals surface area contributed by atoms with Crippen LogP contribution in [0.5, 0.6) is 0 Å². The van der Waals surface area contributed by atoms with Crippen LogP contribution in [0.15, 0.2) is 6.07 Å². The third-order valence-corrected chi connectivity index (χ3v) is 2.60. The lowest BCUT2D eigenvalue weighted by Crippen LogP contribution is -2.16. The molecule has 0 fully saturated rings. The van der Waals surface area contributed by atoms with Gasteiger partial charge in [0.15, 0.2) is 5.78 Å². The lowest BCUT2D eigenvalue weighted by molar-refractivity contribution is -0.388. The minimum absolute atomic E-state index is 0.112. The smallest absolute Gasteiger partial charge is 0.294 e. The molecule has 6 heteroatoms. The number of hydrogen-bond donors (Lipinski definition) is 0. The lowest BCUT2D eigenvalue weighted by atomic mass is 9.89. The fourth-order valence-electron chi connectivity index (χ4n) is 1.95. The molecule has 0 amide bonds. The number of rotatable bonds is 1. The SMILES string of the molecule is O=C1CCCc2c1c(F)cc(F)c2[N+](=O)[O-]. The van der Waals surface area contributed by atoms with Crippen molar-refractivity contribution in [1.29, 1.82) is 0 Å². The Balaban J connectivity index is 2.77. The Morgan fingerprint density at radius 3 is 2.56 bits per heavy atom. The summed E-state index contributed by atoms with van der Waals surface area (Å²) in [5.74, 6) is -2.74. The van der Waals surface area contributed by atoms with Crippen molar-refractivity contribution >= 4 is 11.5 Å². The van der Waals surface area contributed by atoms with Gasteiger partial charge in [-0.25, -0.2) is 4.39 Å². The number of carbonyl (C=O) groups excluding carboxylic acids is 1. The molecule has 0 aliphatic heterocycles. The number of nitro groups is 1. The van der Waals surface area contributed by atoms with Crippen LogP contribution >= 0.6 is 0 Å². The highest BCUT2D eigenvalue weighted by atomic mass is 19.1. The van der Waals surface area contributed by atoms with Crippen LogP contribution < -0.4 is 0 Å². The van der Waals surface area contributed by atoms with Gasteiger partial charge >= 0.3 is 5.69 Å². The molecule has 1 aromatic carbocycles. The summed E-state index contributed by atoms with van der Waals surface area (Å²) in [7, 11) is 0. The molecule has 1 aliphatic carbocycles. The summed E-state index contributed by atoms with van der Waals surface area (Å²) in [4.78, 5) is 21.1. The lowest BCUT2D eigenvalue weighted by Gasteiger charge is -2.15. The van der Waals surface area contributed by atoms with Crippen molar-refractivity contribution in [1.82, 2.24) is 0 Å². The molecule has 0 aromatic heterocycles. The average molecular weight is 227 g/mol. The Hall–Kier alpha value is -1.85. The molecule has 16 heavy (non-hydrogen) atoms. The van der Waals surface area contributed by atoms with Gasteiger partial charge in [0.05, 0.1) is 10.5 Å². The normalized spacial score (nSPS) is 14.8. The van der Waals surface area contributed by atoms with Crippen molar-refractivity contribution in [3.05, 3.63) is 38.9 Å². The average Bonchev–Trinajstić information content (AvgIpc) is 2.15. The molecule has 1 aromatic rings. The summed E-state index contributed by atoms with van der Waals surface area (Å²) in [6, 6.07) is 0.403. The Morgan fingerprint density at radius 2 is 1.94 bits per heavy atom. The molecule has 0 radical (unpaired) electrons. The van der Waals surface area contributed by atoms with E-state index >= 15 is 0 Å². The van der Waals surface area contributed by atoms with E-state index in [4.69, 9.17) is 0 Å². The Bertz CT molecular complexity index is 479. The first-order valence-corrected chi connectivity index (χ1v) is 4.71. The van der Waals surface area contributed by atoms with E-state index in [1.54, 1.807) is 0 Å². The molecule has 0 atom stereocenters. The third-order valence-electron chi connectivity index (χ3n) is 2.60. The van der Waals surface area contributed by atoms with Crippen LogP contribution in [0.3, 0.4) is 0 Å². The number of nitro benzene ring substituents is 1. The van der Waals surface area contributed by atoms with Gasteiger partial charge in [-0.3, -0.25) is 14.9 Å². The Labute approximate surface area is 89.0 Å². The standard InChI is InChI=1S/C10H7F2NO3/c11-6-4-7(12)10(13(15)16)5-2-1-3-8(14)9(5)6/h4H,1-3H2. The molecule has 0 N–H and O–H groups in total. The van der Waals surface area contributed by atoms with E-state index in [9.17, 15) is 23.7 Å². The predicted octanol–water partition coefficient (Wildman–Crippen LogP) is 2.39. The third kappa shape index (κ3) is 1.46. The molecule has 0 spiro atoms. The van der Waals surface area contributed by atoms with Gasteiger partial charge in [-0.2, -0.15) is 4.39 Å². The van der Waals surface area contributed by atoms with E-state index in [0.717, 1.165) is 0 Å². The maximum Gasteiger partial charge on any atom is 0.308 e. The number of Topliss-reactive ketones (excluding diaryl/α,β-unsaturated/α-hetero) is 1. The zero-order valence-electron chi connectivity index (χ0n) is 8.13. The predicted molar refractivity (Wildman–Crippen MR) is 50.3 cm³/mol. The van der Waals surface area contributed by atoms with Gasteiger partial charge in [0.1, 0.15) is 5.82 Å². The molecule has 2 rings (SSSR count). The minimum Gasteiger partial charge on any atom is -0.294 e. The van der Waals surface area contributed by atoms with Gasteiger partial charge in [0.2, 0.25) is 5.82 Å². The second-order valence-corrected chi connectivity index (χ2v) is 3.58. The Morgan fingerprint density at radius 1 is 1.25 bits per heavy atom. The quantitative estimate of drug-likeness (QED) is 0.546. The first kappa shape index (κ1) is 10.7. The molecule has 0 unspecified atom stereocenters. The monoisotopic (exact) mass is 227 g/mol. The van der Waals surface area contributed by atoms with Crippen molar-refractivity contribution in [2.45, 2.75) is 19.3 Å². The molecular formula is C10H7F2NO3. The molecule has 0 heterocycles. The van der Waals surface area contributed by atoms with Crippen LogP contribution in [0.2, 0.25) is 0 Å². The van der Waals surface area contributed by atoms with E-state index in [1.165, 1.54) is 0 Å². The van der Waals surface area contributed by atoms with Crippen LogP contribution in [0.1, 0.15) is 28.8 Å². The molecule has 0 saturated heterocycles. The van der Waals surface area contributed by atoms with Gasteiger partial charge in [-0.05, 0) is 12.8 Å². The van der Waals surface area contributed by atoms with E-state index < -0.39 is 28.0 Å². The highest BCUT2D eigenvalue weighted by Crippen LogP contribution is 2.33. The fourth-order valence-corrected chi connectivity index (χ4v) is 1.95. The van der Waals surface area contributed by atoms with Crippen LogP contribution in [-0.4, -0.2) is 10.7 Å². The van der Waals surface area contributed by atoms with Crippen LogP contribution in [-0.2, 0) is 6.42 Å². The number of halogens is 2. The molecule has 0 bridgehead atoms. The summed E-state index contributed by atoms with van der Waals surface area (Å²) in [5.41, 5.74) is -1.21. The van der Waals surface area contributed by atoms with Crippen molar-refractivity contribution in [2.75, 3.05) is 0 Å². The number of hydrogen-bond acceptors (Lipinski definition) is 3. The van der Waals surface area contributed by atoms with E-state index in [1.807, 2.05) is 0 Å². The van der Waals surface area contributed by atoms with Gasteiger partial charge < -0.3 is 0 Å². The van der Waals surface area contributed by atoms with Crippen molar-refractivity contribution < 1.29 is 18.5 Å². The highest BCUT2D eigenvalue weighted by molar-refractivity contribution is 5.99.